The number of ether oxygens (including phenoxy) is 1. The Morgan fingerprint density at radius 2 is 1.95 bits per heavy atom. The molecule has 0 radical (unpaired) electrons. The number of hydrogen-bond acceptors (Lipinski definition) is 3. The quantitative estimate of drug-likeness (QED) is 0.746. The highest BCUT2D eigenvalue weighted by molar-refractivity contribution is 6.30. The first kappa shape index (κ1) is 14.4. The zero-order valence-electron chi connectivity index (χ0n) is 11.8. The Morgan fingerprint density at radius 1 is 1.23 bits per heavy atom. The summed E-state index contributed by atoms with van der Waals surface area (Å²) < 4.78 is 5.32. The Balaban J connectivity index is 1.66. The highest BCUT2D eigenvalue weighted by Gasteiger charge is 2.15. The third-order valence-corrected chi connectivity index (χ3v) is 3.42. The van der Waals surface area contributed by atoms with Crippen LogP contribution in [0.2, 0.25) is 5.02 Å². The number of H-pyrrole nitrogens is 1. The molecule has 1 aromatic heterocycles. The predicted octanol–water partition coefficient (Wildman–Crippen LogP) is 4.53. The van der Waals surface area contributed by atoms with Gasteiger partial charge in [-0.2, -0.15) is 0 Å². The van der Waals surface area contributed by atoms with E-state index in [1.807, 2.05) is 24.3 Å². The number of para-hydroxylation sites is 2. The maximum absolute atomic E-state index is 11.9. The van der Waals surface area contributed by atoms with Crippen LogP contribution in [0.1, 0.15) is 18.9 Å². The van der Waals surface area contributed by atoms with E-state index < -0.39 is 12.2 Å². The topological polar surface area (TPSA) is 67.0 Å². The fraction of sp³-hybridized carbons (Fsp3) is 0.125. The molecule has 1 heterocycles. The third-order valence-electron chi connectivity index (χ3n) is 3.17. The molecule has 22 heavy (non-hydrogen) atoms. The van der Waals surface area contributed by atoms with Crippen molar-refractivity contribution in [2.24, 2.45) is 0 Å². The Labute approximate surface area is 132 Å². The van der Waals surface area contributed by atoms with Gasteiger partial charge in [-0.05, 0) is 43.3 Å². The van der Waals surface area contributed by atoms with Gasteiger partial charge in [0.2, 0.25) is 0 Å². The largest absolute Gasteiger partial charge is 0.438 e. The van der Waals surface area contributed by atoms with E-state index in [4.69, 9.17) is 16.3 Å². The van der Waals surface area contributed by atoms with Crippen molar-refractivity contribution in [2.75, 3.05) is 5.32 Å². The van der Waals surface area contributed by atoms with Crippen LogP contribution in [-0.4, -0.2) is 16.1 Å². The van der Waals surface area contributed by atoms with Crippen molar-refractivity contribution in [1.29, 1.82) is 0 Å². The Kier molecular flexibility index (Phi) is 3.98. The number of anilines is 1. The van der Waals surface area contributed by atoms with Crippen LogP contribution in [-0.2, 0) is 4.74 Å². The average Bonchev–Trinajstić information content (AvgIpc) is 2.93. The number of nitrogens with one attached hydrogen (secondary N) is 2. The monoisotopic (exact) mass is 315 g/mol. The van der Waals surface area contributed by atoms with Gasteiger partial charge >= 0.3 is 6.09 Å². The van der Waals surface area contributed by atoms with E-state index in [0.717, 1.165) is 11.0 Å². The molecule has 3 aromatic rings. The van der Waals surface area contributed by atoms with E-state index in [9.17, 15) is 4.79 Å². The van der Waals surface area contributed by atoms with E-state index in [1.54, 1.807) is 31.2 Å². The van der Waals surface area contributed by atoms with Gasteiger partial charge < -0.3 is 9.72 Å². The molecule has 0 unspecified atom stereocenters. The van der Waals surface area contributed by atoms with Crippen molar-refractivity contribution >= 4 is 34.4 Å². The average molecular weight is 316 g/mol. The van der Waals surface area contributed by atoms with Crippen LogP contribution in [0.3, 0.4) is 0 Å². The molecule has 6 heteroatoms. The van der Waals surface area contributed by atoms with Crippen LogP contribution < -0.4 is 5.32 Å². The third kappa shape index (κ3) is 3.20. The molecule has 0 aliphatic heterocycles. The SMILES string of the molecule is C[C@H](OC(=O)Nc1ccc(Cl)cc1)c1nc2ccccc2[nH]1. The highest BCUT2D eigenvalue weighted by Crippen LogP contribution is 2.19. The number of imidazole rings is 1. The molecule has 112 valence electrons. The molecule has 2 N–H and O–H groups in total. The molecular weight excluding hydrogens is 302 g/mol. The second kappa shape index (κ2) is 6.07. The van der Waals surface area contributed by atoms with Crippen LogP contribution in [0.5, 0.6) is 0 Å². The van der Waals surface area contributed by atoms with Crippen molar-refractivity contribution in [3.8, 4) is 0 Å². The molecule has 0 bridgehead atoms. The number of halogens is 1. The molecule has 0 aliphatic rings. The molecule has 0 saturated carbocycles. The number of rotatable bonds is 3. The van der Waals surface area contributed by atoms with Crippen LogP contribution in [0.25, 0.3) is 11.0 Å². The van der Waals surface area contributed by atoms with Gasteiger partial charge in [-0.3, -0.25) is 5.32 Å². The molecule has 0 fully saturated rings. The van der Waals surface area contributed by atoms with Crippen molar-refractivity contribution in [2.45, 2.75) is 13.0 Å². The molecule has 1 amide bonds. The van der Waals surface area contributed by atoms with Crippen LogP contribution in [0, 0.1) is 0 Å². The van der Waals surface area contributed by atoms with E-state index >= 15 is 0 Å². The molecule has 5 nitrogen and oxygen atoms in total. The fourth-order valence-electron chi connectivity index (χ4n) is 2.06. The van der Waals surface area contributed by atoms with Gasteiger partial charge in [-0.25, -0.2) is 9.78 Å². The predicted molar refractivity (Wildman–Crippen MR) is 86.1 cm³/mol. The maximum Gasteiger partial charge on any atom is 0.412 e. The minimum Gasteiger partial charge on any atom is -0.438 e. The first-order chi connectivity index (χ1) is 10.6. The Bertz CT molecular complexity index is 766. The summed E-state index contributed by atoms with van der Waals surface area (Å²) in [5.41, 5.74) is 2.36. The van der Waals surface area contributed by atoms with E-state index in [2.05, 4.69) is 15.3 Å². The Hall–Kier alpha value is -2.53. The minimum atomic E-state index is -0.546. The summed E-state index contributed by atoms with van der Waals surface area (Å²) in [6, 6.07) is 14.4. The lowest BCUT2D eigenvalue weighted by Gasteiger charge is -2.11. The normalized spacial score (nSPS) is 12.1. The lowest BCUT2D eigenvalue weighted by atomic mass is 10.3. The van der Waals surface area contributed by atoms with Crippen molar-refractivity contribution in [3.63, 3.8) is 0 Å². The molecule has 0 saturated heterocycles. The van der Waals surface area contributed by atoms with Gasteiger partial charge in [0.15, 0.2) is 6.10 Å². The summed E-state index contributed by atoms with van der Waals surface area (Å²) in [6.45, 7) is 1.76. The van der Waals surface area contributed by atoms with Crippen LogP contribution in [0.4, 0.5) is 10.5 Å². The summed E-state index contributed by atoms with van der Waals surface area (Å²) in [6.07, 6.45) is -1.03. The Morgan fingerprint density at radius 3 is 2.68 bits per heavy atom. The van der Waals surface area contributed by atoms with Gasteiger partial charge in [-0.1, -0.05) is 23.7 Å². The van der Waals surface area contributed by atoms with Crippen LogP contribution >= 0.6 is 11.6 Å². The number of hydrogen-bond donors (Lipinski definition) is 2. The summed E-state index contributed by atoms with van der Waals surface area (Å²) in [5, 5.41) is 3.25. The summed E-state index contributed by atoms with van der Waals surface area (Å²) in [7, 11) is 0. The molecule has 2 aromatic carbocycles. The summed E-state index contributed by atoms with van der Waals surface area (Å²) in [4.78, 5) is 19.4. The van der Waals surface area contributed by atoms with Crippen molar-refractivity contribution in [3.05, 3.63) is 59.4 Å². The number of carbonyl (C=O) groups is 1. The van der Waals surface area contributed by atoms with Gasteiger partial charge in [0, 0.05) is 10.7 Å². The number of amides is 1. The van der Waals surface area contributed by atoms with Gasteiger partial charge in [-0.15, -0.1) is 0 Å². The highest BCUT2D eigenvalue weighted by atomic mass is 35.5. The standard InChI is InChI=1S/C16H14ClN3O2/c1-10(15-19-13-4-2-3-5-14(13)20-15)22-16(21)18-12-8-6-11(17)7-9-12/h2-10H,1H3,(H,18,21)(H,19,20)/t10-/m0/s1. The second-order valence-corrected chi connectivity index (χ2v) is 5.26. The first-order valence-electron chi connectivity index (χ1n) is 6.79. The fourth-order valence-corrected chi connectivity index (χ4v) is 2.19. The number of aromatic amines is 1. The maximum atomic E-state index is 11.9. The number of benzene rings is 2. The van der Waals surface area contributed by atoms with Crippen LogP contribution in [0.15, 0.2) is 48.5 Å². The smallest absolute Gasteiger partial charge is 0.412 e. The second-order valence-electron chi connectivity index (χ2n) is 4.82. The first-order valence-corrected chi connectivity index (χ1v) is 7.17. The molecular formula is C16H14ClN3O2. The number of fused-ring (bicyclic) bond motifs is 1. The number of aromatic nitrogens is 2. The number of nitrogens with zero attached hydrogens (tertiary/aromatic N) is 1. The number of carbonyl (C=O) groups excluding carboxylic acids is 1. The zero-order valence-corrected chi connectivity index (χ0v) is 12.6. The molecule has 3 rings (SSSR count). The lowest BCUT2D eigenvalue weighted by Crippen LogP contribution is -2.16. The minimum absolute atomic E-state index is 0.486. The van der Waals surface area contributed by atoms with Crippen molar-refractivity contribution < 1.29 is 9.53 Å². The zero-order chi connectivity index (χ0) is 15.5. The summed E-state index contributed by atoms with van der Waals surface area (Å²) in [5.74, 6) is 0.604. The molecule has 1 atom stereocenters. The lowest BCUT2D eigenvalue weighted by molar-refractivity contribution is 0.117. The van der Waals surface area contributed by atoms with Gasteiger partial charge in [0.25, 0.3) is 0 Å². The summed E-state index contributed by atoms with van der Waals surface area (Å²) >= 11 is 5.79. The van der Waals surface area contributed by atoms with Crippen molar-refractivity contribution in [1.82, 2.24) is 9.97 Å². The van der Waals surface area contributed by atoms with E-state index in [0.29, 0.717) is 16.5 Å². The van der Waals surface area contributed by atoms with Gasteiger partial charge in [0.05, 0.1) is 11.0 Å². The molecule has 0 aliphatic carbocycles. The molecule has 0 spiro atoms. The van der Waals surface area contributed by atoms with Gasteiger partial charge in [0.1, 0.15) is 5.82 Å². The van der Waals surface area contributed by atoms with E-state index in [-0.39, 0.29) is 0 Å². The van der Waals surface area contributed by atoms with E-state index in [1.165, 1.54) is 0 Å².